The van der Waals surface area contributed by atoms with Crippen LogP contribution in [0.4, 0.5) is 0 Å². The van der Waals surface area contributed by atoms with Crippen molar-refractivity contribution in [3.8, 4) is 0 Å². The zero-order chi connectivity index (χ0) is 18.1. The molecule has 2 bridgehead atoms. The number of rotatable bonds is 5. The number of hydrogen-bond acceptors (Lipinski definition) is 4. The van der Waals surface area contributed by atoms with E-state index in [0.29, 0.717) is 23.2 Å². The molecule has 0 aromatic heterocycles. The van der Waals surface area contributed by atoms with Crippen molar-refractivity contribution < 1.29 is 9.59 Å². The third-order valence-corrected chi connectivity index (χ3v) is 6.20. The smallest absolute Gasteiger partial charge is 0.251 e. The summed E-state index contributed by atoms with van der Waals surface area (Å²) in [6, 6.07) is 15.9. The van der Waals surface area contributed by atoms with Gasteiger partial charge in [-0.05, 0) is 55.7 Å². The van der Waals surface area contributed by atoms with Gasteiger partial charge in [-0.25, -0.2) is 0 Å². The van der Waals surface area contributed by atoms with E-state index >= 15 is 0 Å². The molecule has 134 valence electrons. The zero-order valence-electron chi connectivity index (χ0n) is 14.3. The fraction of sp³-hybridized carbons (Fsp3) is 0.300. The first-order valence-corrected chi connectivity index (χ1v) is 9.65. The van der Waals surface area contributed by atoms with Gasteiger partial charge < -0.3 is 16.4 Å². The fourth-order valence-electron chi connectivity index (χ4n) is 3.80. The Bertz CT molecular complexity index is 837. The summed E-state index contributed by atoms with van der Waals surface area (Å²) in [5.74, 6) is -0.470. The Kier molecular flexibility index (Phi) is 4.70. The van der Waals surface area contributed by atoms with Gasteiger partial charge in [0.05, 0.1) is 5.56 Å². The standard InChI is InChI=1S/C20H21N3O2S/c21-19(24)15-3-1-2-4-18(15)26-14-8-5-12(6-9-14)20(25)23-17-11-13-7-10-16(17)22-13/h1-6,8-9,13,16-17,22H,7,10-11H2,(H2,21,24)(H,23,25). The highest BCUT2D eigenvalue weighted by molar-refractivity contribution is 7.99. The van der Waals surface area contributed by atoms with E-state index in [1.807, 2.05) is 36.4 Å². The Morgan fingerprint density at radius 3 is 2.50 bits per heavy atom. The van der Waals surface area contributed by atoms with Crippen LogP contribution in [0.25, 0.3) is 0 Å². The molecule has 2 fully saturated rings. The van der Waals surface area contributed by atoms with Gasteiger partial charge in [-0.3, -0.25) is 9.59 Å². The second-order valence-corrected chi connectivity index (χ2v) is 7.97. The molecule has 26 heavy (non-hydrogen) atoms. The van der Waals surface area contributed by atoms with Gasteiger partial charge >= 0.3 is 0 Å². The molecule has 2 aromatic carbocycles. The minimum Gasteiger partial charge on any atom is -0.366 e. The number of amides is 2. The van der Waals surface area contributed by atoms with Crippen molar-refractivity contribution in [2.45, 2.75) is 47.2 Å². The van der Waals surface area contributed by atoms with Crippen LogP contribution in [-0.2, 0) is 0 Å². The summed E-state index contributed by atoms with van der Waals surface area (Å²) >= 11 is 1.46. The second-order valence-electron chi connectivity index (χ2n) is 6.85. The lowest BCUT2D eigenvalue weighted by Gasteiger charge is -2.21. The molecular formula is C20H21N3O2S. The average Bonchev–Trinajstić information content (AvgIpc) is 3.25. The quantitative estimate of drug-likeness (QED) is 0.758. The predicted molar refractivity (Wildman–Crippen MR) is 101 cm³/mol. The number of carbonyl (C=O) groups is 2. The van der Waals surface area contributed by atoms with Gasteiger partial charge in [-0.15, -0.1) is 0 Å². The number of benzene rings is 2. The first-order valence-electron chi connectivity index (χ1n) is 8.84. The lowest BCUT2D eigenvalue weighted by atomic mass is 9.95. The molecule has 4 rings (SSSR count). The summed E-state index contributed by atoms with van der Waals surface area (Å²) in [6.45, 7) is 0. The molecule has 2 aliphatic rings. The van der Waals surface area contributed by atoms with Crippen molar-refractivity contribution in [2.75, 3.05) is 0 Å². The Balaban J connectivity index is 1.42. The molecule has 3 unspecified atom stereocenters. The molecule has 2 amide bonds. The average molecular weight is 367 g/mol. The minimum absolute atomic E-state index is 0.0292. The topological polar surface area (TPSA) is 84.2 Å². The number of hydrogen-bond donors (Lipinski definition) is 3. The largest absolute Gasteiger partial charge is 0.366 e. The van der Waals surface area contributed by atoms with E-state index in [4.69, 9.17) is 5.73 Å². The SMILES string of the molecule is NC(=O)c1ccccc1Sc1ccc(C(=O)NC2CC3CCC2N3)cc1. The van der Waals surface area contributed by atoms with Gasteiger partial charge in [0.1, 0.15) is 0 Å². The van der Waals surface area contributed by atoms with Gasteiger partial charge in [0.25, 0.3) is 5.91 Å². The molecule has 0 spiro atoms. The molecule has 2 aliphatic heterocycles. The van der Waals surface area contributed by atoms with Crippen LogP contribution in [0.5, 0.6) is 0 Å². The molecular weight excluding hydrogens is 346 g/mol. The van der Waals surface area contributed by atoms with Gasteiger partial charge in [-0.1, -0.05) is 23.9 Å². The lowest BCUT2D eigenvalue weighted by molar-refractivity contribution is 0.0930. The van der Waals surface area contributed by atoms with Crippen LogP contribution in [0.2, 0.25) is 0 Å². The predicted octanol–water partition coefficient (Wildman–Crippen LogP) is 2.56. The highest BCUT2D eigenvalue weighted by Gasteiger charge is 2.39. The number of fused-ring (bicyclic) bond motifs is 2. The van der Waals surface area contributed by atoms with Crippen molar-refractivity contribution in [3.63, 3.8) is 0 Å². The van der Waals surface area contributed by atoms with Gasteiger partial charge in [0, 0.05) is 33.5 Å². The maximum Gasteiger partial charge on any atom is 0.251 e. The molecule has 0 aliphatic carbocycles. The Labute approximate surface area is 156 Å². The monoisotopic (exact) mass is 367 g/mol. The summed E-state index contributed by atoms with van der Waals surface area (Å²) in [6.07, 6.45) is 3.38. The van der Waals surface area contributed by atoms with Crippen LogP contribution in [0, 0.1) is 0 Å². The summed E-state index contributed by atoms with van der Waals surface area (Å²) in [4.78, 5) is 25.8. The second kappa shape index (κ2) is 7.13. The van der Waals surface area contributed by atoms with Crippen molar-refractivity contribution in [3.05, 3.63) is 59.7 Å². The van der Waals surface area contributed by atoms with E-state index in [2.05, 4.69) is 10.6 Å². The van der Waals surface area contributed by atoms with Gasteiger partial charge in [-0.2, -0.15) is 0 Å². The maximum atomic E-state index is 12.5. The Morgan fingerprint density at radius 2 is 1.85 bits per heavy atom. The Hall–Kier alpha value is -2.31. The first kappa shape index (κ1) is 17.1. The normalized spacial score (nSPS) is 23.8. The van der Waals surface area contributed by atoms with Gasteiger partial charge in [0.2, 0.25) is 5.91 Å². The van der Waals surface area contributed by atoms with E-state index in [-0.39, 0.29) is 11.9 Å². The maximum absolute atomic E-state index is 12.5. The van der Waals surface area contributed by atoms with E-state index in [9.17, 15) is 9.59 Å². The van der Waals surface area contributed by atoms with E-state index in [1.54, 1.807) is 12.1 Å². The van der Waals surface area contributed by atoms with Gasteiger partial charge in [0.15, 0.2) is 0 Å². The van der Waals surface area contributed by atoms with Crippen LogP contribution in [0.3, 0.4) is 0 Å². The number of nitrogens with two attached hydrogens (primary N) is 1. The van der Waals surface area contributed by atoms with E-state index in [0.717, 1.165) is 22.6 Å². The molecule has 0 radical (unpaired) electrons. The van der Waals surface area contributed by atoms with Crippen molar-refractivity contribution in [1.82, 2.24) is 10.6 Å². The van der Waals surface area contributed by atoms with Crippen LogP contribution in [-0.4, -0.2) is 29.9 Å². The molecule has 3 atom stereocenters. The molecule has 2 aromatic rings. The van der Waals surface area contributed by atoms with Crippen LogP contribution >= 0.6 is 11.8 Å². The van der Waals surface area contributed by atoms with Crippen molar-refractivity contribution in [1.29, 1.82) is 0 Å². The third-order valence-electron chi connectivity index (χ3n) is 5.11. The molecule has 2 heterocycles. The minimum atomic E-state index is -0.441. The molecule has 4 N–H and O–H groups in total. The number of nitrogens with one attached hydrogen (secondary N) is 2. The van der Waals surface area contributed by atoms with Crippen molar-refractivity contribution in [2.24, 2.45) is 5.73 Å². The van der Waals surface area contributed by atoms with Crippen molar-refractivity contribution >= 4 is 23.6 Å². The zero-order valence-corrected chi connectivity index (χ0v) is 15.1. The van der Waals surface area contributed by atoms with Crippen LogP contribution in [0.15, 0.2) is 58.3 Å². The van der Waals surface area contributed by atoms with Crippen LogP contribution in [0.1, 0.15) is 40.0 Å². The fourth-order valence-corrected chi connectivity index (χ4v) is 4.75. The van der Waals surface area contributed by atoms with E-state index in [1.165, 1.54) is 18.2 Å². The highest BCUT2D eigenvalue weighted by Crippen LogP contribution is 2.31. The molecule has 6 heteroatoms. The highest BCUT2D eigenvalue weighted by atomic mass is 32.2. The number of primary amides is 1. The van der Waals surface area contributed by atoms with Crippen LogP contribution < -0.4 is 16.4 Å². The summed E-state index contributed by atoms with van der Waals surface area (Å²) in [5, 5.41) is 6.68. The van der Waals surface area contributed by atoms with E-state index < -0.39 is 5.91 Å². The molecule has 5 nitrogen and oxygen atoms in total. The third kappa shape index (κ3) is 3.48. The first-order chi connectivity index (χ1) is 12.6. The summed E-state index contributed by atoms with van der Waals surface area (Å²) < 4.78 is 0. The lowest BCUT2D eigenvalue weighted by Crippen LogP contribution is -2.42. The Morgan fingerprint density at radius 1 is 1.08 bits per heavy atom. The number of carbonyl (C=O) groups excluding carboxylic acids is 2. The summed E-state index contributed by atoms with van der Waals surface area (Å²) in [7, 11) is 0. The molecule has 2 saturated heterocycles. The molecule has 0 saturated carbocycles. The summed E-state index contributed by atoms with van der Waals surface area (Å²) in [5.41, 5.74) is 6.58.